The van der Waals surface area contributed by atoms with Crippen LogP contribution in [0.25, 0.3) is 6.08 Å². The van der Waals surface area contributed by atoms with Crippen LogP contribution < -0.4 is 9.47 Å². The maximum atomic E-state index is 13.4. The van der Waals surface area contributed by atoms with E-state index in [4.69, 9.17) is 9.47 Å². The van der Waals surface area contributed by atoms with Gasteiger partial charge in [-0.05, 0) is 71.4 Å². The van der Waals surface area contributed by atoms with Gasteiger partial charge in [-0.3, -0.25) is 4.79 Å². The molecule has 4 unspecified atom stereocenters. The molecule has 178 valence electrons. The molecule has 2 heterocycles. The second-order valence-corrected chi connectivity index (χ2v) is 10.9. The first kappa shape index (κ1) is 22.8. The SMILES string of the molecule is CC(C)=CCCC1(C)Oc2c(C(=O)C=Cc3ccccc3)c(O)cc3c2C2CC(C)(CCC21)O3. The smallest absolute Gasteiger partial charge is 0.193 e. The van der Waals surface area contributed by atoms with Crippen molar-refractivity contribution < 1.29 is 19.4 Å². The first-order chi connectivity index (χ1) is 16.2. The monoisotopic (exact) mass is 458 g/mol. The zero-order chi connectivity index (χ0) is 24.1. The lowest BCUT2D eigenvalue weighted by Crippen LogP contribution is -2.55. The van der Waals surface area contributed by atoms with Gasteiger partial charge in [0, 0.05) is 23.5 Å². The summed E-state index contributed by atoms with van der Waals surface area (Å²) in [5, 5.41) is 11.0. The number of carbonyl (C=O) groups excluding carboxylic acids is 1. The summed E-state index contributed by atoms with van der Waals surface area (Å²) in [4.78, 5) is 13.4. The number of benzene rings is 2. The van der Waals surface area contributed by atoms with Gasteiger partial charge in [-0.1, -0.05) is 48.1 Å². The molecule has 4 atom stereocenters. The molecule has 0 aromatic heterocycles. The molecule has 1 fully saturated rings. The lowest BCUT2D eigenvalue weighted by atomic mass is 9.60. The van der Waals surface area contributed by atoms with Gasteiger partial charge in [0.15, 0.2) is 5.78 Å². The van der Waals surface area contributed by atoms with Crippen molar-refractivity contribution in [3.63, 3.8) is 0 Å². The molecule has 34 heavy (non-hydrogen) atoms. The number of phenols is 1. The lowest BCUT2D eigenvalue weighted by Gasteiger charge is -2.56. The highest BCUT2D eigenvalue weighted by molar-refractivity contribution is 6.11. The number of ether oxygens (including phenoxy) is 2. The maximum absolute atomic E-state index is 13.4. The fourth-order valence-electron chi connectivity index (χ4n) is 6.19. The molecule has 2 aromatic carbocycles. The van der Waals surface area contributed by atoms with E-state index < -0.39 is 5.60 Å². The zero-order valence-corrected chi connectivity index (χ0v) is 20.6. The van der Waals surface area contributed by atoms with E-state index in [0.29, 0.717) is 17.4 Å². The summed E-state index contributed by atoms with van der Waals surface area (Å²) in [5.41, 5.74) is 2.79. The Morgan fingerprint density at radius 2 is 1.94 bits per heavy atom. The van der Waals surface area contributed by atoms with E-state index in [-0.39, 0.29) is 28.6 Å². The number of hydrogen-bond acceptors (Lipinski definition) is 4. The van der Waals surface area contributed by atoms with E-state index in [1.165, 1.54) is 11.6 Å². The average Bonchev–Trinajstić information content (AvgIpc) is 2.77. The zero-order valence-electron chi connectivity index (χ0n) is 20.6. The van der Waals surface area contributed by atoms with Gasteiger partial charge in [0.05, 0.1) is 0 Å². The van der Waals surface area contributed by atoms with Crippen molar-refractivity contribution in [3.05, 3.63) is 70.8 Å². The summed E-state index contributed by atoms with van der Waals surface area (Å²) >= 11 is 0. The summed E-state index contributed by atoms with van der Waals surface area (Å²) in [7, 11) is 0. The molecule has 0 spiro atoms. The standard InChI is InChI=1S/C30H34O4/c1-19(2)9-8-15-30(4)22-14-16-29(3)18-21(22)26-25(33-29)17-24(32)27(28(26)34-30)23(31)13-12-20-10-6-5-7-11-20/h5-7,9-13,17,21-22,32H,8,14-16,18H2,1-4H3. The molecular formula is C30H34O4. The van der Waals surface area contributed by atoms with Crippen molar-refractivity contribution in [1.82, 2.24) is 0 Å². The maximum Gasteiger partial charge on any atom is 0.193 e. The highest BCUT2D eigenvalue weighted by atomic mass is 16.5. The van der Waals surface area contributed by atoms with E-state index >= 15 is 0 Å². The molecule has 1 aliphatic carbocycles. The second kappa shape index (κ2) is 8.33. The number of rotatable bonds is 6. The van der Waals surface area contributed by atoms with Crippen LogP contribution in [0.1, 0.15) is 87.2 Å². The normalized spacial score (nSPS) is 28.7. The van der Waals surface area contributed by atoms with E-state index in [2.05, 4.69) is 33.8 Å². The number of allylic oxidation sites excluding steroid dienone is 3. The molecule has 0 radical (unpaired) electrons. The fourth-order valence-corrected chi connectivity index (χ4v) is 6.19. The summed E-state index contributed by atoms with van der Waals surface area (Å²) < 4.78 is 13.2. The predicted octanol–water partition coefficient (Wildman–Crippen LogP) is 7.22. The molecule has 2 aliphatic heterocycles. The number of hydrogen-bond donors (Lipinski definition) is 1. The Morgan fingerprint density at radius 3 is 2.68 bits per heavy atom. The van der Waals surface area contributed by atoms with Gasteiger partial charge in [-0.25, -0.2) is 0 Å². The highest BCUT2D eigenvalue weighted by Gasteiger charge is 2.56. The number of fused-ring (bicyclic) bond motifs is 1. The quantitative estimate of drug-likeness (QED) is 0.282. The van der Waals surface area contributed by atoms with Crippen LogP contribution in [0.5, 0.6) is 17.2 Å². The molecule has 0 saturated heterocycles. The van der Waals surface area contributed by atoms with Crippen LogP contribution in [0, 0.1) is 5.92 Å². The van der Waals surface area contributed by atoms with Gasteiger partial charge in [0.1, 0.15) is 34.0 Å². The van der Waals surface area contributed by atoms with Gasteiger partial charge in [0.2, 0.25) is 0 Å². The van der Waals surface area contributed by atoms with Crippen LogP contribution in [0.2, 0.25) is 0 Å². The lowest BCUT2D eigenvalue weighted by molar-refractivity contribution is -0.0840. The van der Waals surface area contributed by atoms with Crippen molar-refractivity contribution in [2.24, 2.45) is 5.92 Å². The van der Waals surface area contributed by atoms with E-state index in [1.54, 1.807) is 12.1 Å². The van der Waals surface area contributed by atoms with Crippen LogP contribution in [0.4, 0.5) is 0 Å². The minimum absolute atomic E-state index is 0.0786. The molecule has 1 N–H and O–H groups in total. The minimum Gasteiger partial charge on any atom is -0.507 e. The number of aromatic hydroxyl groups is 1. The van der Waals surface area contributed by atoms with Crippen molar-refractivity contribution in [2.45, 2.75) is 76.9 Å². The van der Waals surface area contributed by atoms with Gasteiger partial charge in [-0.15, -0.1) is 0 Å². The summed E-state index contributed by atoms with van der Waals surface area (Å²) in [6.45, 7) is 8.59. The Hall–Kier alpha value is -3.01. The molecular weight excluding hydrogens is 424 g/mol. The molecule has 1 saturated carbocycles. The van der Waals surface area contributed by atoms with Crippen molar-refractivity contribution in [2.75, 3.05) is 0 Å². The Morgan fingerprint density at radius 1 is 1.18 bits per heavy atom. The van der Waals surface area contributed by atoms with Crippen LogP contribution >= 0.6 is 0 Å². The second-order valence-electron chi connectivity index (χ2n) is 10.9. The predicted molar refractivity (Wildman–Crippen MR) is 135 cm³/mol. The van der Waals surface area contributed by atoms with Crippen LogP contribution in [-0.2, 0) is 0 Å². The molecule has 4 nitrogen and oxygen atoms in total. The number of carbonyl (C=O) groups is 1. The van der Waals surface area contributed by atoms with Crippen LogP contribution in [0.3, 0.4) is 0 Å². The molecule has 2 aromatic rings. The molecule has 2 bridgehead atoms. The first-order valence-electron chi connectivity index (χ1n) is 12.4. The van der Waals surface area contributed by atoms with Gasteiger partial charge in [-0.2, -0.15) is 0 Å². The average molecular weight is 459 g/mol. The molecule has 0 amide bonds. The van der Waals surface area contributed by atoms with E-state index in [9.17, 15) is 9.90 Å². The largest absolute Gasteiger partial charge is 0.507 e. The van der Waals surface area contributed by atoms with Gasteiger partial charge in [0.25, 0.3) is 0 Å². The summed E-state index contributed by atoms with van der Waals surface area (Å²) in [6.07, 6.45) is 10.3. The number of ketones is 1. The Kier molecular flexibility index (Phi) is 5.58. The van der Waals surface area contributed by atoms with Crippen LogP contribution in [-0.4, -0.2) is 22.1 Å². The van der Waals surface area contributed by atoms with E-state index in [0.717, 1.165) is 43.2 Å². The fraction of sp³-hybridized carbons (Fsp3) is 0.433. The van der Waals surface area contributed by atoms with Crippen LogP contribution in [0.15, 0.2) is 54.1 Å². The topological polar surface area (TPSA) is 55.8 Å². The van der Waals surface area contributed by atoms with Crippen molar-refractivity contribution in [1.29, 1.82) is 0 Å². The molecule has 4 heteroatoms. The first-order valence-corrected chi connectivity index (χ1v) is 12.4. The van der Waals surface area contributed by atoms with Crippen molar-refractivity contribution >= 4 is 11.9 Å². The van der Waals surface area contributed by atoms with Gasteiger partial charge >= 0.3 is 0 Å². The highest BCUT2D eigenvalue weighted by Crippen LogP contribution is 2.62. The molecule has 3 aliphatic rings. The third-order valence-corrected chi connectivity index (χ3v) is 7.90. The Balaban J connectivity index is 1.59. The van der Waals surface area contributed by atoms with Gasteiger partial charge < -0.3 is 14.6 Å². The summed E-state index contributed by atoms with van der Waals surface area (Å²) in [6, 6.07) is 11.3. The third kappa shape index (κ3) is 3.93. The minimum atomic E-state index is -0.411. The Bertz CT molecular complexity index is 1170. The summed E-state index contributed by atoms with van der Waals surface area (Å²) in [5.74, 6) is 1.47. The number of phenolic OH excluding ortho intramolecular Hbond substituents is 1. The Labute approximate surface area is 202 Å². The third-order valence-electron chi connectivity index (χ3n) is 7.90. The van der Waals surface area contributed by atoms with E-state index in [1.807, 2.05) is 30.3 Å². The molecule has 5 rings (SSSR count). The van der Waals surface area contributed by atoms with Crippen molar-refractivity contribution in [3.8, 4) is 17.2 Å².